The van der Waals surface area contributed by atoms with Crippen LogP contribution in [0.4, 0.5) is 0 Å². The highest BCUT2D eigenvalue weighted by molar-refractivity contribution is 5.76. The highest BCUT2D eigenvalue weighted by Crippen LogP contribution is 2.15. The average molecular weight is 241 g/mol. The Morgan fingerprint density at radius 3 is 2.71 bits per heavy atom. The number of amides is 1. The molecule has 0 bridgehead atoms. The van der Waals surface area contributed by atoms with Crippen LogP contribution in [0.2, 0.25) is 0 Å². The first-order chi connectivity index (χ1) is 8.08. The molecule has 0 aliphatic carbocycles. The first-order valence-electron chi connectivity index (χ1n) is 6.82. The van der Waals surface area contributed by atoms with E-state index in [0.717, 1.165) is 25.4 Å². The molecule has 0 saturated carbocycles. The molecule has 1 aliphatic rings. The number of rotatable bonds is 6. The van der Waals surface area contributed by atoms with Crippen molar-refractivity contribution in [1.82, 2.24) is 10.2 Å². The molecule has 4 nitrogen and oxygen atoms in total. The summed E-state index contributed by atoms with van der Waals surface area (Å²) in [7, 11) is 0. The molecule has 1 rings (SSSR count). The summed E-state index contributed by atoms with van der Waals surface area (Å²) in [6.07, 6.45) is 4.11. The van der Waals surface area contributed by atoms with Gasteiger partial charge in [0.1, 0.15) is 0 Å². The second kappa shape index (κ2) is 7.67. The molecule has 1 unspecified atom stereocenters. The maximum Gasteiger partial charge on any atom is 0.221 e. The minimum atomic E-state index is -0.0430. The third-order valence-electron chi connectivity index (χ3n) is 3.36. The minimum Gasteiger partial charge on any atom is -0.356 e. The van der Waals surface area contributed by atoms with E-state index in [0.29, 0.717) is 6.42 Å². The first-order valence-corrected chi connectivity index (χ1v) is 6.82. The fourth-order valence-corrected chi connectivity index (χ4v) is 2.18. The molecule has 3 N–H and O–H groups in total. The number of likely N-dealkylation sites (tertiary alicyclic amines) is 1. The summed E-state index contributed by atoms with van der Waals surface area (Å²) in [5.74, 6) is 0.962. The lowest BCUT2D eigenvalue weighted by atomic mass is 9.99. The third-order valence-corrected chi connectivity index (χ3v) is 3.36. The average Bonchev–Trinajstić information content (AvgIpc) is 2.26. The topological polar surface area (TPSA) is 58.4 Å². The molecule has 0 spiro atoms. The van der Waals surface area contributed by atoms with Gasteiger partial charge in [-0.15, -0.1) is 0 Å². The Bertz CT molecular complexity index is 223. The van der Waals surface area contributed by atoms with Gasteiger partial charge >= 0.3 is 0 Å². The van der Waals surface area contributed by atoms with E-state index < -0.39 is 0 Å². The van der Waals surface area contributed by atoms with Crippen LogP contribution in [0, 0.1) is 5.92 Å². The lowest BCUT2D eigenvalue weighted by Gasteiger charge is -2.30. The van der Waals surface area contributed by atoms with E-state index in [-0.39, 0.29) is 11.9 Å². The zero-order valence-electron chi connectivity index (χ0n) is 11.2. The highest BCUT2D eigenvalue weighted by Gasteiger charge is 2.14. The van der Waals surface area contributed by atoms with Gasteiger partial charge in [-0.25, -0.2) is 0 Å². The molecule has 1 saturated heterocycles. The first kappa shape index (κ1) is 14.5. The summed E-state index contributed by atoms with van der Waals surface area (Å²) in [6.45, 7) is 8.49. The smallest absolute Gasteiger partial charge is 0.221 e. The fourth-order valence-electron chi connectivity index (χ4n) is 2.18. The zero-order chi connectivity index (χ0) is 12.7. The number of piperidine rings is 1. The van der Waals surface area contributed by atoms with Crippen LogP contribution < -0.4 is 11.1 Å². The number of nitrogens with zero attached hydrogens (tertiary/aromatic N) is 1. The predicted molar refractivity (Wildman–Crippen MR) is 70.7 cm³/mol. The summed E-state index contributed by atoms with van der Waals surface area (Å²) in [4.78, 5) is 13.8. The summed E-state index contributed by atoms with van der Waals surface area (Å²) >= 11 is 0. The van der Waals surface area contributed by atoms with Gasteiger partial charge in [-0.1, -0.05) is 6.92 Å². The minimum absolute atomic E-state index is 0.0430. The van der Waals surface area contributed by atoms with Crippen molar-refractivity contribution in [2.45, 2.75) is 45.6 Å². The van der Waals surface area contributed by atoms with E-state index in [2.05, 4.69) is 17.1 Å². The Morgan fingerprint density at radius 2 is 2.12 bits per heavy atom. The summed E-state index contributed by atoms with van der Waals surface area (Å²) in [5, 5.41) is 2.92. The molecule has 0 radical (unpaired) electrons. The maximum atomic E-state index is 11.3. The molecule has 1 heterocycles. The van der Waals surface area contributed by atoms with Crippen LogP contribution in [0.25, 0.3) is 0 Å². The fraction of sp³-hybridized carbons (Fsp3) is 0.923. The summed E-state index contributed by atoms with van der Waals surface area (Å²) in [6, 6.07) is -0.0430. The zero-order valence-corrected chi connectivity index (χ0v) is 11.2. The van der Waals surface area contributed by atoms with Crippen molar-refractivity contribution in [3.8, 4) is 0 Å². The lowest BCUT2D eigenvalue weighted by molar-refractivity contribution is -0.121. The molecule has 0 aromatic heterocycles. The second-order valence-electron chi connectivity index (χ2n) is 5.41. The van der Waals surface area contributed by atoms with Crippen molar-refractivity contribution in [2.24, 2.45) is 11.7 Å². The van der Waals surface area contributed by atoms with Crippen LogP contribution in [0.5, 0.6) is 0 Å². The highest BCUT2D eigenvalue weighted by atomic mass is 16.1. The van der Waals surface area contributed by atoms with Gasteiger partial charge in [-0.05, 0) is 51.7 Å². The van der Waals surface area contributed by atoms with Crippen LogP contribution in [-0.4, -0.2) is 43.0 Å². The number of nitrogens with one attached hydrogen (secondary N) is 1. The summed E-state index contributed by atoms with van der Waals surface area (Å²) < 4.78 is 0. The monoisotopic (exact) mass is 241 g/mol. The molecule has 1 atom stereocenters. The van der Waals surface area contributed by atoms with Crippen molar-refractivity contribution in [1.29, 1.82) is 0 Å². The number of hydrogen-bond donors (Lipinski definition) is 2. The van der Waals surface area contributed by atoms with E-state index in [1.165, 1.54) is 25.9 Å². The Labute approximate surface area is 105 Å². The Balaban J connectivity index is 1.99. The van der Waals surface area contributed by atoms with Crippen molar-refractivity contribution < 1.29 is 4.79 Å². The van der Waals surface area contributed by atoms with Crippen LogP contribution in [-0.2, 0) is 4.79 Å². The molecular formula is C13H27N3O. The van der Waals surface area contributed by atoms with E-state index in [1.54, 1.807) is 0 Å². The Hall–Kier alpha value is -0.610. The summed E-state index contributed by atoms with van der Waals surface area (Å²) in [5.41, 5.74) is 5.56. The maximum absolute atomic E-state index is 11.3. The molecule has 1 fully saturated rings. The number of nitrogens with two attached hydrogens (primary N) is 1. The van der Waals surface area contributed by atoms with Gasteiger partial charge in [0.15, 0.2) is 0 Å². The van der Waals surface area contributed by atoms with Crippen molar-refractivity contribution in [2.75, 3.05) is 26.2 Å². The molecule has 1 amide bonds. The largest absolute Gasteiger partial charge is 0.356 e. The lowest BCUT2D eigenvalue weighted by Crippen LogP contribution is -2.36. The molecule has 4 heteroatoms. The van der Waals surface area contributed by atoms with Gasteiger partial charge in [0, 0.05) is 19.0 Å². The third kappa shape index (κ3) is 6.64. The second-order valence-corrected chi connectivity index (χ2v) is 5.41. The van der Waals surface area contributed by atoms with Gasteiger partial charge in [-0.3, -0.25) is 4.79 Å². The van der Waals surface area contributed by atoms with Gasteiger partial charge < -0.3 is 16.0 Å². The van der Waals surface area contributed by atoms with E-state index in [4.69, 9.17) is 5.73 Å². The van der Waals surface area contributed by atoms with Gasteiger partial charge in [0.05, 0.1) is 0 Å². The van der Waals surface area contributed by atoms with Crippen molar-refractivity contribution >= 4 is 5.91 Å². The number of carbonyl (C=O) groups excluding carboxylic acids is 1. The normalized spacial score (nSPS) is 20.2. The molecule has 0 aromatic rings. The quantitative estimate of drug-likeness (QED) is 0.681. The van der Waals surface area contributed by atoms with Crippen LogP contribution in [0.15, 0.2) is 0 Å². The van der Waals surface area contributed by atoms with Crippen LogP contribution in [0.1, 0.15) is 39.5 Å². The molecule has 0 aromatic carbocycles. The molecular weight excluding hydrogens is 214 g/mol. The van der Waals surface area contributed by atoms with Crippen molar-refractivity contribution in [3.05, 3.63) is 0 Å². The Morgan fingerprint density at radius 1 is 1.47 bits per heavy atom. The van der Waals surface area contributed by atoms with Gasteiger partial charge in [0.25, 0.3) is 0 Å². The number of carbonyl (C=O) groups is 1. The predicted octanol–water partition coefficient (Wildman–Crippen LogP) is 0.962. The molecule has 100 valence electrons. The van der Waals surface area contributed by atoms with Crippen LogP contribution >= 0.6 is 0 Å². The van der Waals surface area contributed by atoms with Crippen LogP contribution in [0.3, 0.4) is 0 Å². The van der Waals surface area contributed by atoms with E-state index >= 15 is 0 Å². The molecule has 1 aliphatic heterocycles. The van der Waals surface area contributed by atoms with Gasteiger partial charge in [-0.2, -0.15) is 0 Å². The standard InChI is InChI=1S/C13H27N3O/c1-11-4-8-16(9-5-11)7-3-6-15-13(17)10-12(2)14/h11-12H,3-10,14H2,1-2H3,(H,15,17). The number of hydrogen-bond acceptors (Lipinski definition) is 3. The van der Waals surface area contributed by atoms with E-state index in [9.17, 15) is 4.79 Å². The van der Waals surface area contributed by atoms with E-state index in [1.807, 2.05) is 6.92 Å². The SMILES string of the molecule is CC(N)CC(=O)NCCCN1CCC(C)CC1. The molecule has 17 heavy (non-hydrogen) atoms. The van der Waals surface area contributed by atoms with Gasteiger partial charge in [0.2, 0.25) is 5.91 Å². The van der Waals surface area contributed by atoms with Crippen molar-refractivity contribution in [3.63, 3.8) is 0 Å². The Kier molecular flexibility index (Phi) is 6.52.